The molecule has 2 N–H and O–H groups in total. The number of aromatic nitrogens is 2. The number of amides is 3. The third kappa shape index (κ3) is 2.89. The van der Waals surface area contributed by atoms with Gasteiger partial charge in [-0.05, 0) is 48.7 Å². The molecule has 1 unspecified atom stereocenters. The van der Waals surface area contributed by atoms with Crippen molar-refractivity contribution in [2.24, 2.45) is 0 Å². The number of aromatic amines is 1. The number of hydrogen-bond donors (Lipinski definition) is 2. The summed E-state index contributed by atoms with van der Waals surface area (Å²) in [5, 5.41) is 4.77. The van der Waals surface area contributed by atoms with Gasteiger partial charge in [0.15, 0.2) is 0 Å². The minimum atomic E-state index is -0.948. The summed E-state index contributed by atoms with van der Waals surface area (Å²) in [4.78, 5) is 47.8. The van der Waals surface area contributed by atoms with Crippen LogP contribution in [0, 0.1) is 0 Å². The Bertz CT molecular complexity index is 1270. The molecule has 1 aliphatic heterocycles. The Morgan fingerprint density at radius 1 is 1.07 bits per heavy atom. The standard InChI is InChI=1S/C22H16N4O3S/c1-12(26-21(28)14-5-2-3-6-15(14)22(26)29)20(27)23-13-8-9-16-17(11-13)25-19(24-16)18-7-4-10-30-18/h2-12H,1H3,(H,23,27)(H,24,25). The number of imidazole rings is 1. The van der Waals surface area contributed by atoms with Crippen molar-refractivity contribution in [1.29, 1.82) is 0 Å². The molecule has 148 valence electrons. The first-order chi connectivity index (χ1) is 14.5. The zero-order valence-electron chi connectivity index (χ0n) is 15.9. The Morgan fingerprint density at radius 2 is 1.80 bits per heavy atom. The van der Waals surface area contributed by atoms with E-state index in [0.717, 1.165) is 26.6 Å². The van der Waals surface area contributed by atoms with Gasteiger partial charge >= 0.3 is 0 Å². The fourth-order valence-electron chi connectivity index (χ4n) is 3.54. The number of hydrogen-bond acceptors (Lipinski definition) is 5. The molecule has 1 aliphatic rings. The van der Waals surface area contributed by atoms with E-state index in [9.17, 15) is 14.4 Å². The van der Waals surface area contributed by atoms with E-state index in [1.807, 2.05) is 23.6 Å². The van der Waals surface area contributed by atoms with Crippen LogP contribution in [0.15, 0.2) is 60.0 Å². The van der Waals surface area contributed by atoms with Crippen molar-refractivity contribution in [3.8, 4) is 10.7 Å². The molecule has 3 amide bonds. The second-order valence-electron chi connectivity index (χ2n) is 6.99. The van der Waals surface area contributed by atoms with Gasteiger partial charge < -0.3 is 10.3 Å². The number of nitrogens with one attached hydrogen (secondary N) is 2. The highest BCUT2D eigenvalue weighted by Crippen LogP contribution is 2.27. The number of H-pyrrole nitrogens is 1. The van der Waals surface area contributed by atoms with Crippen LogP contribution in [0.25, 0.3) is 21.7 Å². The van der Waals surface area contributed by atoms with E-state index >= 15 is 0 Å². The molecular weight excluding hydrogens is 400 g/mol. The first-order valence-electron chi connectivity index (χ1n) is 9.34. The number of nitrogens with zero attached hydrogens (tertiary/aromatic N) is 2. The maximum absolute atomic E-state index is 12.8. The van der Waals surface area contributed by atoms with Crippen LogP contribution in [0.3, 0.4) is 0 Å². The quantitative estimate of drug-likeness (QED) is 0.493. The Balaban J connectivity index is 1.37. The Labute approximate surface area is 175 Å². The zero-order valence-corrected chi connectivity index (χ0v) is 16.7. The molecule has 1 atom stereocenters. The summed E-state index contributed by atoms with van der Waals surface area (Å²) in [6.07, 6.45) is 0. The Morgan fingerprint density at radius 3 is 2.47 bits per heavy atom. The predicted molar refractivity (Wildman–Crippen MR) is 114 cm³/mol. The molecule has 0 spiro atoms. The fraction of sp³-hybridized carbons (Fsp3) is 0.0909. The molecular formula is C22H16N4O3S. The van der Waals surface area contributed by atoms with Gasteiger partial charge in [0.2, 0.25) is 5.91 Å². The summed E-state index contributed by atoms with van der Waals surface area (Å²) in [5.74, 6) is -0.588. The van der Waals surface area contributed by atoms with Gasteiger partial charge in [0, 0.05) is 5.69 Å². The normalized spacial score (nSPS) is 14.2. The first-order valence-corrected chi connectivity index (χ1v) is 10.2. The number of carbonyl (C=O) groups excluding carboxylic acids is 3. The molecule has 5 rings (SSSR count). The number of thiophene rings is 1. The molecule has 4 aromatic rings. The van der Waals surface area contributed by atoms with Crippen LogP contribution in [0.1, 0.15) is 27.6 Å². The van der Waals surface area contributed by atoms with Crippen molar-refractivity contribution in [1.82, 2.24) is 14.9 Å². The molecule has 2 aromatic carbocycles. The summed E-state index contributed by atoms with van der Waals surface area (Å²) in [7, 11) is 0. The lowest BCUT2D eigenvalue weighted by atomic mass is 10.1. The molecule has 0 saturated heterocycles. The van der Waals surface area contributed by atoms with E-state index < -0.39 is 23.8 Å². The van der Waals surface area contributed by atoms with E-state index in [2.05, 4.69) is 15.3 Å². The maximum Gasteiger partial charge on any atom is 0.262 e. The van der Waals surface area contributed by atoms with Crippen molar-refractivity contribution in [2.75, 3.05) is 5.32 Å². The van der Waals surface area contributed by atoms with Crippen LogP contribution >= 0.6 is 11.3 Å². The molecule has 8 heteroatoms. The van der Waals surface area contributed by atoms with Crippen LogP contribution in [0.2, 0.25) is 0 Å². The van der Waals surface area contributed by atoms with E-state index in [4.69, 9.17) is 0 Å². The summed E-state index contributed by atoms with van der Waals surface area (Å²) in [6, 6.07) is 14.9. The lowest BCUT2D eigenvalue weighted by Gasteiger charge is -2.21. The van der Waals surface area contributed by atoms with Gasteiger partial charge in [-0.1, -0.05) is 18.2 Å². The van der Waals surface area contributed by atoms with Crippen molar-refractivity contribution in [2.45, 2.75) is 13.0 Å². The van der Waals surface area contributed by atoms with Crippen LogP contribution < -0.4 is 5.32 Å². The second kappa shape index (κ2) is 6.93. The molecule has 2 aromatic heterocycles. The Hall–Kier alpha value is -3.78. The van der Waals surface area contributed by atoms with Gasteiger partial charge in [-0.2, -0.15) is 0 Å². The smallest absolute Gasteiger partial charge is 0.262 e. The number of benzene rings is 2. The first kappa shape index (κ1) is 18.3. The van der Waals surface area contributed by atoms with Gasteiger partial charge in [0.1, 0.15) is 11.9 Å². The van der Waals surface area contributed by atoms with E-state index in [1.165, 1.54) is 0 Å². The van der Waals surface area contributed by atoms with Crippen LogP contribution in [0.4, 0.5) is 5.69 Å². The van der Waals surface area contributed by atoms with Crippen LogP contribution in [-0.4, -0.2) is 38.6 Å². The minimum absolute atomic E-state index is 0.321. The molecule has 0 bridgehead atoms. The number of rotatable bonds is 4. The molecule has 7 nitrogen and oxygen atoms in total. The van der Waals surface area contributed by atoms with Gasteiger partial charge in [0.25, 0.3) is 11.8 Å². The third-order valence-electron chi connectivity index (χ3n) is 5.10. The number of imide groups is 1. The zero-order chi connectivity index (χ0) is 20.8. The number of fused-ring (bicyclic) bond motifs is 2. The molecule has 30 heavy (non-hydrogen) atoms. The molecule has 0 aliphatic carbocycles. The molecule has 0 fully saturated rings. The van der Waals surface area contributed by atoms with Gasteiger partial charge in [-0.25, -0.2) is 4.98 Å². The fourth-order valence-corrected chi connectivity index (χ4v) is 4.21. The van der Waals surface area contributed by atoms with Gasteiger partial charge in [-0.3, -0.25) is 19.3 Å². The van der Waals surface area contributed by atoms with Crippen molar-refractivity contribution in [3.05, 3.63) is 71.1 Å². The third-order valence-corrected chi connectivity index (χ3v) is 5.97. The van der Waals surface area contributed by atoms with Gasteiger partial charge in [-0.15, -0.1) is 11.3 Å². The Kier molecular flexibility index (Phi) is 4.22. The lowest BCUT2D eigenvalue weighted by Crippen LogP contribution is -2.45. The maximum atomic E-state index is 12.8. The average molecular weight is 416 g/mol. The van der Waals surface area contributed by atoms with Crippen LogP contribution in [0.5, 0.6) is 0 Å². The summed E-state index contributed by atoms with van der Waals surface area (Å²) >= 11 is 1.59. The molecule has 3 heterocycles. The SMILES string of the molecule is CC(C(=O)Nc1ccc2nc(-c3cccs3)[nH]c2c1)N1C(=O)c2ccccc2C1=O. The molecule has 0 saturated carbocycles. The highest BCUT2D eigenvalue weighted by molar-refractivity contribution is 7.13. The summed E-state index contributed by atoms with van der Waals surface area (Å²) in [6.45, 7) is 1.54. The van der Waals surface area contributed by atoms with Gasteiger partial charge in [0.05, 0.1) is 27.0 Å². The highest BCUT2D eigenvalue weighted by Gasteiger charge is 2.40. The van der Waals surface area contributed by atoms with E-state index in [1.54, 1.807) is 54.7 Å². The van der Waals surface area contributed by atoms with Crippen molar-refractivity contribution in [3.63, 3.8) is 0 Å². The van der Waals surface area contributed by atoms with Crippen molar-refractivity contribution >= 4 is 45.8 Å². The largest absolute Gasteiger partial charge is 0.337 e. The lowest BCUT2D eigenvalue weighted by molar-refractivity contribution is -0.119. The molecule has 0 radical (unpaired) electrons. The van der Waals surface area contributed by atoms with E-state index in [0.29, 0.717) is 16.8 Å². The average Bonchev–Trinajstić information content (AvgIpc) is 3.47. The van der Waals surface area contributed by atoms with Crippen molar-refractivity contribution < 1.29 is 14.4 Å². The predicted octanol–water partition coefficient (Wildman–Crippen LogP) is 3.91. The number of anilines is 1. The summed E-state index contributed by atoms with van der Waals surface area (Å²) < 4.78 is 0. The highest BCUT2D eigenvalue weighted by atomic mass is 32.1. The second-order valence-corrected chi connectivity index (χ2v) is 7.93. The number of carbonyl (C=O) groups is 3. The van der Waals surface area contributed by atoms with E-state index in [-0.39, 0.29) is 0 Å². The van der Waals surface area contributed by atoms with Crippen LogP contribution in [-0.2, 0) is 4.79 Å². The topological polar surface area (TPSA) is 95.2 Å². The summed E-state index contributed by atoms with van der Waals surface area (Å²) in [5.41, 5.74) is 2.76. The minimum Gasteiger partial charge on any atom is -0.337 e. The monoisotopic (exact) mass is 416 g/mol.